The Morgan fingerprint density at radius 2 is 1.89 bits per heavy atom. The number of likely N-dealkylation sites (tertiary alicyclic amines) is 1. The Morgan fingerprint density at radius 1 is 1.18 bits per heavy atom. The number of aromatic amines is 1. The number of hydrogen-bond donors (Lipinski definition) is 1. The Hall–Kier alpha value is -1.82. The molecular formula is C22H21ClN2OS2. The van der Waals surface area contributed by atoms with Gasteiger partial charge in [-0.25, -0.2) is 0 Å². The van der Waals surface area contributed by atoms with Crippen LogP contribution in [0.25, 0.3) is 22.0 Å². The van der Waals surface area contributed by atoms with Crippen molar-refractivity contribution in [2.45, 2.75) is 24.7 Å². The number of pyridine rings is 1. The van der Waals surface area contributed by atoms with Crippen LogP contribution in [-0.4, -0.2) is 27.3 Å². The van der Waals surface area contributed by atoms with Crippen LogP contribution < -0.4 is 5.56 Å². The van der Waals surface area contributed by atoms with Gasteiger partial charge in [-0.05, 0) is 42.5 Å². The molecule has 1 saturated heterocycles. The summed E-state index contributed by atoms with van der Waals surface area (Å²) in [5.41, 5.74) is 2.53. The van der Waals surface area contributed by atoms with Crippen LogP contribution in [0.1, 0.15) is 19.8 Å². The van der Waals surface area contributed by atoms with Crippen LogP contribution in [0.2, 0.25) is 5.02 Å². The molecule has 0 amide bonds. The zero-order valence-corrected chi connectivity index (χ0v) is 18.0. The number of rotatable bonds is 2. The van der Waals surface area contributed by atoms with Gasteiger partial charge >= 0.3 is 0 Å². The predicted molar refractivity (Wildman–Crippen MR) is 123 cm³/mol. The number of aromatic nitrogens is 1. The third kappa shape index (κ3) is 3.97. The molecule has 0 spiro atoms. The Balaban J connectivity index is 1.82. The van der Waals surface area contributed by atoms with E-state index in [-0.39, 0.29) is 5.56 Å². The molecule has 3 nitrogen and oxygen atoms in total. The SMILES string of the molecule is CC1CCN(C(=S)Sc2c(-c3ccccc3)c3cc(Cl)ccc3[nH]c2=O)CC1. The monoisotopic (exact) mass is 428 g/mol. The van der Waals surface area contributed by atoms with E-state index in [9.17, 15) is 4.79 Å². The van der Waals surface area contributed by atoms with Crippen LogP contribution in [0.5, 0.6) is 0 Å². The topological polar surface area (TPSA) is 36.1 Å². The molecular weight excluding hydrogens is 408 g/mol. The third-order valence-electron chi connectivity index (χ3n) is 5.23. The molecule has 1 aromatic heterocycles. The summed E-state index contributed by atoms with van der Waals surface area (Å²) in [6, 6.07) is 15.5. The second kappa shape index (κ2) is 8.27. The minimum absolute atomic E-state index is 0.119. The van der Waals surface area contributed by atoms with Crippen molar-refractivity contribution in [1.29, 1.82) is 0 Å². The minimum Gasteiger partial charge on any atom is -0.357 e. The van der Waals surface area contributed by atoms with E-state index in [2.05, 4.69) is 16.8 Å². The molecule has 0 saturated carbocycles. The van der Waals surface area contributed by atoms with Gasteiger partial charge in [0.05, 0.1) is 4.90 Å². The predicted octanol–water partition coefficient (Wildman–Crippen LogP) is 5.96. The van der Waals surface area contributed by atoms with Crippen molar-refractivity contribution in [2.75, 3.05) is 13.1 Å². The van der Waals surface area contributed by atoms with Crippen molar-refractivity contribution in [1.82, 2.24) is 9.88 Å². The van der Waals surface area contributed by atoms with Gasteiger partial charge in [0.1, 0.15) is 4.32 Å². The number of benzene rings is 2. The average molecular weight is 429 g/mol. The number of thiocarbonyl (C=S) groups is 1. The van der Waals surface area contributed by atoms with Gasteiger partial charge in [-0.15, -0.1) is 0 Å². The number of H-pyrrole nitrogens is 1. The van der Waals surface area contributed by atoms with E-state index in [1.807, 2.05) is 42.5 Å². The van der Waals surface area contributed by atoms with E-state index in [4.69, 9.17) is 23.8 Å². The van der Waals surface area contributed by atoms with Crippen molar-refractivity contribution in [3.8, 4) is 11.1 Å². The summed E-state index contributed by atoms with van der Waals surface area (Å²) >= 11 is 13.4. The fourth-order valence-electron chi connectivity index (χ4n) is 3.58. The number of nitrogens with one attached hydrogen (secondary N) is 1. The maximum absolute atomic E-state index is 13.0. The molecule has 0 atom stereocenters. The standard InChI is InChI=1S/C22H21ClN2OS2/c1-14-9-11-25(12-10-14)22(27)28-20-19(15-5-3-2-4-6-15)17-13-16(23)7-8-18(17)24-21(20)26/h2-8,13-14H,9-12H2,1H3,(H,24,26). The van der Waals surface area contributed by atoms with E-state index >= 15 is 0 Å². The molecule has 2 heterocycles. The first-order chi connectivity index (χ1) is 13.5. The molecule has 1 fully saturated rings. The van der Waals surface area contributed by atoms with Crippen molar-refractivity contribution in [3.05, 3.63) is 63.9 Å². The van der Waals surface area contributed by atoms with Crippen LogP contribution >= 0.6 is 35.6 Å². The quantitative estimate of drug-likeness (QED) is 0.403. The van der Waals surface area contributed by atoms with Gasteiger partial charge < -0.3 is 9.88 Å². The fourth-order valence-corrected chi connectivity index (χ4v) is 5.14. The van der Waals surface area contributed by atoms with Crippen LogP contribution in [0.4, 0.5) is 0 Å². The molecule has 0 unspecified atom stereocenters. The molecule has 0 bridgehead atoms. The highest BCUT2D eigenvalue weighted by atomic mass is 35.5. The number of halogens is 1. The molecule has 3 aromatic rings. The zero-order chi connectivity index (χ0) is 19.7. The van der Waals surface area contributed by atoms with Crippen LogP contribution in [-0.2, 0) is 0 Å². The van der Waals surface area contributed by atoms with Gasteiger partial charge in [0.15, 0.2) is 0 Å². The summed E-state index contributed by atoms with van der Waals surface area (Å²) < 4.78 is 0.760. The zero-order valence-electron chi connectivity index (χ0n) is 15.6. The maximum Gasteiger partial charge on any atom is 0.263 e. The summed E-state index contributed by atoms with van der Waals surface area (Å²) in [7, 11) is 0. The lowest BCUT2D eigenvalue weighted by Gasteiger charge is -2.32. The van der Waals surface area contributed by atoms with Crippen molar-refractivity contribution < 1.29 is 0 Å². The molecule has 4 rings (SSSR count). The fraction of sp³-hybridized carbons (Fsp3) is 0.273. The number of fused-ring (bicyclic) bond motifs is 1. The first kappa shape index (κ1) is 19.5. The minimum atomic E-state index is -0.119. The lowest BCUT2D eigenvalue weighted by Crippen LogP contribution is -2.35. The molecule has 1 aliphatic heterocycles. The molecule has 144 valence electrons. The van der Waals surface area contributed by atoms with Gasteiger partial charge in [0.2, 0.25) is 0 Å². The molecule has 2 aromatic carbocycles. The van der Waals surface area contributed by atoms with Gasteiger partial charge in [-0.2, -0.15) is 0 Å². The van der Waals surface area contributed by atoms with Gasteiger partial charge in [-0.1, -0.05) is 72.8 Å². The maximum atomic E-state index is 13.0. The van der Waals surface area contributed by atoms with E-state index < -0.39 is 0 Å². The molecule has 0 aliphatic carbocycles. The van der Waals surface area contributed by atoms with E-state index in [1.54, 1.807) is 6.07 Å². The Bertz CT molecular complexity index is 1070. The number of thioether (sulfide) groups is 1. The second-order valence-electron chi connectivity index (χ2n) is 7.25. The Morgan fingerprint density at radius 3 is 2.61 bits per heavy atom. The average Bonchev–Trinajstić information content (AvgIpc) is 2.70. The van der Waals surface area contributed by atoms with E-state index in [0.29, 0.717) is 9.92 Å². The molecule has 0 radical (unpaired) electrons. The lowest BCUT2D eigenvalue weighted by atomic mass is 10.00. The van der Waals surface area contributed by atoms with Crippen LogP contribution in [0, 0.1) is 5.92 Å². The van der Waals surface area contributed by atoms with Crippen LogP contribution in [0.15, 0.2) is 58.2 Å². The van der Waals surface area contributed by atoms with Crippen LogP contribution in [0.3, 0.4) is 0 Å². The second-order valence-corrected chi connectivity index (χ2v) is 9.33. The summed E-state index contributed by atoms with van der Waals surface area (Å²) in [5, 5.41) is 1.57. The summed E-state index contributed by atoms with van der Waals surface area (Å²) in [6.07, 6.45) is 2.27. The smallest absolute Gasteiger partial charge is 0.263 e. The first-order valence-corrected chi connectivity index (χ1v) is 11.0. The number of nitrogens with zero attached hydrogens (tertiary/aromatic N) is 1. The Kier molecular flexibility index (Phi) is 5.76. The highest BCUT2D eigenvalue weighted by Gasteiger charge is 2.22. The van der Waals surface area contributed by atoms with Gasteiger partial charge in [0, 0.05) is 34.6 Å². The van der Waals surface area contributed by atoms with E-state index in [1.165, 1.54) is 11.8 Å². The summed E-state index contributed by atoms with van der Waals surface area (Å²) in [6.45, 7) is 4.18. The number of hydrogen-bond acceptors (Lipinski definition) is 3. The number of piperidine rings is 1. The lowest BCUT2D eigenvalue weighted by molar-refractivity contribution is 0.287. The highest BCUT2D eigenvalue weighted by Crippen LogP contribution is 2.37. The molecule has 1 N–H and O–H groups in total. The largest absolute Gasteiger partial charge is 0.357 e. The first-order valence-electron chi connectivity index (χ1n) is 9.40. The van der Waals surface area contributed by atoms with E-state index in [0.717, 1.165) is 58.2 Å². The normalized spacial score (nSPS) is 15.1. The van der Waals surface area contributed by atoms with Gasteiger partial charge in [0.25, 0.3) is 5.56 Å². The van der Waals surface area contributed by atoms with Crippen molar-refractivity contribution >= 4 is 50.8 Å². The highest BCUT2D eigenvalue weighted by molar-refractivity contribution is 8.23. The van der Waals surface area contributed by atoms with Crippen molar-refractivity contribution in [3.63, 3.8) is 0 Å². The third-order valence-corrected chi connectivity index (χ3v) is 7.00. The molecule has 1 aliphatic rings. The van der Waals surface area contributed by atoms with Crippen molar-refractivity contribution in [2.24, 2.45) is 5.92 Å². The molecule has 6 heteroatoms. The summed E-state index contributed by atoms with van der Waals surface area (Å²) in [4.78, 5) is 18.8. The Labute approximate surface area is 179 Å². The summed E-state index contributed by atoms with van der Waals surface area (Å²) in [5.74, 6) is 0.732. The molecule has 28 heavy (non-hydrogen) atoms. The van der Waals surface area contributed by atoms with Gasteiger partial charge in [-0.3, -0.25) is 4.79 Å².